The van der Waals surface area contributed by atoms with Gasteiger partial charge < -0.3 is 10.2 Å². The molecular formula is C13H18O2. The number of rotatable bonds is 4. The number of hydrogen-bond donors (Lipinski definition) is 2. The highest BCUT2D eigenvalue weighted by molar-refractivity contribution is 5.30. The molecule has 0 heterocycles. The van der Waals surface area contributed by atoms with E-state index in [1.807, 2.05) is 24.3 Å². The standard InChI is InChI=1S/C13H18O2/c1-10(14)2-3-11-4-6-12(7-5-11)13(15)8-9-13/h4-7,10,14-15H,2-3,8-9H2,1H3. The number of aliphatic hydroxyl groups excluding tert-OH is 1. The van der Waals surface area contributed by atoms with Crippen LogP contribution in [0.1, 0.15) is 37.3 Å². The normalized spacial score (nSPS) is 19.9. The van der Waals surface area contributed by atoms with Gasteiger partial charge in [-0.25, -0.2) is 0 Å². The van der Waals surface area contributed by atoms with Crippen molar-refractivity contribution in [3.8, 4) is 0 Å². The maximum Gasteiger partial charge on any atom is 0.0899 e. The first-order valence-corrected chi connectivity index (χ1v) is 5.60. The van der Waals surface area contributed by atoms with Gasteiger partial charge in [0.15, 0.2) is 0 Å². The van der Waals surface area contributed by atoms with Gasteiger partial charge in [-0.15, -0.1) is 0 Å². The number of aryl methyl sites for hydroxylation is 1. The number of hydrogen-bond acceptors (Lipinski definition) is 2. The third kappa shape index (κ3) is 2.58. The second-order valence-electron chi connectivity index (χ2n) is 4.62. The van der Waals surface area contributed by atoms with Crippen molar-refractivity contribution in [3.63, 3.8) is 0 Å². The number of benzene rings is 1. The molecule has 0 radical (unpaired) electrons. The molecule has 1 unspecified atom stereocenters. The fourth-order valence-electron chi connectivity index (χ4n) is 1.76. The van der Waals surface area contributed by atoms with Crippen LogP contribution >= 0.6 is 0 Å². The van der Waals surface area contributed by atoms with Gasteiger partial charge in [-0.2, -0.15) is 0 Å². The van der Waals surface area contributed by atoms with Gasteiger partial charge in [0.1, 0.15) is 0 Å². The van der Waals surface area contributed by atoms with Crippen molar-refractivity contribution >= 4 is 0 Å². The molecule has 1 atom stereocenters. The van der Waals surface area contributed by atoms with Crippen LogP contribution in [-0.2, 0) is 12.0 Å². The molecule has 2 heteroatoms. The molecule has 0 aromatic heterocycles. The van der Waals surface area contributed by atoms with E-state index in [2.05, 4.69) is 0 Å². The van der Waals surface area contributed by atoms with Gasteiger partial charge in [0.05, 0.1) is 11.7 Å². The summed E-state index contributed by atoms with van der Waals surface area (Å²) >= 11 is 0. The second kappa shape index (κ2) is 3.95. The van der Waals surface area contributed by atoms with Crippen molar-refractivity contribution in [1.29, 1.82) is 0 Å². The molecule has 2 nitrogen and oxygen atoms in total. The molecule has 15 heavy (non-hydrogen) atoms. The van der Waals surface area contributed by atoms with Crippen molar-refractivity contribution in [2.75, 3.05) is 0 Å². The summed E-state index contributed by atoms with van der Waals surface area (Å²) in [5.41, 5.74) is 1.73. The predicted molar refractivity (Wildman–Crippen MR) is 59.6 cm³/mol. The van der Waals surface area contributed by atoms with Crippen molar-refractivity contribution in [2.45, 2.75) is 44.3 Å². The first-order valence-electron chi connectivity index (χ1n) is 5.60. The summed E-state index contributed by atoms with van der Waals surface area (Å²) in [5.74, 6) is 0. The zero-order valence-electron chi connectivity index (χ0n) is 9.11. The number of aliphatic hydroxyl groups is 2. The summed E-state index contributed by atoms with van der Waals surface area (Å²) < 4.78 is 0. The zero-order valence-corrected chi connectivity index (χ0v) is 9.11. The molecule has 1 saturated carbocycles. The van der Waals surface area contributed by atoms with E-state index in [1.165, 1.54) is 5.56 Å². The van der Waals surface area contributed by atoms with Gasteiger partial charge in [-0.3, -0.25) is 0 Å². The van der Waals surface area contributed by atoms with E-state index in [0.29, 0.717) is 0 Å². The quantitative estimate of drug-likeness (QED) is 0.791. The van der Waals surface area contributed by atoms with E-state index in [0.717, 1.165) is 31.2 Å². The van der Waals surface area contributed by atoms with Crippen LogP contribution in [0.4, 0.5) is 0 Å². The molecule has 1 aliphatic carbocycles. The van der Waals surface area contributed by atoms with Crippen LogP contribution in [0.25, 0.3) is 0 Å². The van der Waals surface area contributed by atoms with Gasteiger partial charge in [0.2, 0.25) is 0 Å². The minimum Gasteiger partial charge on any atom is -0.393 e. The molecule has 0 spiro atoms. The van der Waals surface area contributed by atoms with E-state index < -0.39 is 5.60 Å². The van der Waals surface area contributed by atoms with Crippen LogP contribution in [0.3, 0.4) is 0 Å². The molecule has 1 aromatic rings. The summed E-state index contributed by atoms with van der Waals surface area (Å²) in [6.07, 6.45) is 3.23. The Morgan fingerprint density at radius 2 is 1.87 bits per heavy atom. The second-order valence-corrected chi connectivity index (χ2v) is 4.62. The molecule has 0 amide bonds. The van der Waals surface area contributed by atoms with Gasteiger partial charge in [0.25, 0.3) is 0 Å². The van der Waals surface area contributed by atoms with Gasteiger partial charge >= 0.3 is 0 Å². The van der Waals surface area contributed by atoms with Gasteiger partial charge in [0, 0.05) is 0 Å². The molecule has 0 saturated heterocycles. The summed E-state index contributed by atoms with van der Waals surface area (Å²) in [7, 11) is 0. The zero-order chi connectivity index (χ0) is 10.9. The highest BCUT2D eigenvalue weighted by Crippen LogP contribution is 2.45. The van der Waals surface area contributed by atoms with E-state index in [1.54, 1.807) is 6.92 Å². The third-order valence-electron chi connectivity index (χ3n) is 3.07. The van der Waals surface area contributed by atoms with E-state index in [9.17, 15) is 5.11 Å². The SMILES string of the molecule is CC(O)CCc1ccc(C2(O)CC2)cc1. The Hall–Kier alpha value is -0.860. The molecule has 1 aromatic carbocycles. The van der Waals surface area contributed by atoms with E-state index in [-0.39, 0.29) is 6.10 Å². The van der Waals surface area contributed by atoms with E-state index in [4.69, 9.17) is 5.11 Å². The topological polar surface area (TPSA) is 40.5 Å². The third-order valence-corrected chi connectivity index (χ3v) is 3.07. The van der Waals surface area contributed by atoms with Crippen molar-refractivity contribution < 1.29 is 10.2 Å². The van der Waals surface area contributed by atoms with Crippen LogP contribution in [0, 0.1) is 0 Å². The Morgan fingerprint density at radius 1 is 1.27 bits per heavy atom. The molecule has 2 rings (SSSR count). The molecule has 0 bridgehead atoms. The van der Waals surface area contributed by atoms with E-state index >= 15 is 0 Å². The van der Waals surface area contributed by atoms with Crippen molar-refractivity contribution in [3.05, 3.63) is 35.4 Å². The highest BCUT2D eigenvalue weighted by atomic mass is 16.3. The summed E-state index contributed by atoms with van der Waals surface area (Å²) in [4.78, 5) is 0. The Labute approximate surface area is 90.6 Å². The molecular weight excluding hydrogens is 188 g/mol. The maximum absolute atomic E-state index is 9.87. The van der Waals surface area contributed by atoms with Crippen molar-refractivity contribution in [2.24, 2.45) is 0 Å². The highest BCUT2D eigenvalue weighted by Gasteiger charge is 2.41. The summed E-state index contributed by atoms with van der Waals surface area (Å²) in [6.45, 7) is 1.81. The molecule has 1 aliphatic rings. The van der Waals surface area contributed by atoms with Crippen LogP contribution in [0.2, 0.25) is 0 Å². The lowest BCUT2D eigenvalue weighted by Gasteiger charge is -2.09. The lowest BCUT2D eigenvalue weighted by atomic mass is 10.0. The lowest BCUT2D eigenvalue weighted by Crippen LogP contribution is -2.05. The Kier molecular flexibility index (Phi) is 2.81. The Morgan fingerprint density at radius 3 is 2.33 bits per heavy atom. The van der Waals surface area contributed by atoms with Crippen LogP contribution in [-0.4, -0.2) is 16.3 Å². The fraction of sp³-hybridized carbons (Fsp3) is 0.538. The smallest absolute Gasteiger partial charge is 0.0899 e. The maximum atomic E-state index is 9.87. The predicted octanol–water partition coefficient (Wildman–Crippen LogP) is 1.98. The Bertz CT molecular complexity index is 323. The molecule has 0 aliphatic heterocycles. The van der Waals surface area contributed by atoms with Crippen LogP contribution in [0.15, 0.2) is 24.3 Å². The average Bonchev–Trinajstić information content (AvgIpc) is 2.96. The summed E-state index contributed by atoms with van der Waals surface area (Å²) in [6, 6.07) is 8.11. The average molecular weight is 206 g/mol. The first kappa shape index (κ1) is 10.7. The van der Waals surface area contributed by atoms with Gasteiger partial charge in [-0.05, 0) is 43.7 Å². The lowest BCUT2D eigenvalue weighted by molar-refractivity contribution is 0.151. The van der Waals surface area contributed by atoms with Crippen molar-refractivity contribution in [1.82, 2.24) is 0 Å². The molecule has 82 valence electrons. The molecule has 2 N–H and O–H groups in total. The Balaban J connectivity index is 1.98. The fourth-order valence-corrected chi connectivity index (χ4v) is 1.76. The largest absolute Gasteiger partial charge is 0.393 e. The summed E-state index contributed by atoms with van der Waals surface area (Å²) in [5, 5.41) is 19.0. The minimum atomic E-state index is -0.525. The monoisotopic (exact) mass is 206 g/mol. The van der Waals surface area contributed by atoms with Crippen LogP contribution < -0.4 is 0 Å². The molecule has 1 fully saturated rings. The van der Waals surface area contributed by atoms with Gasteiger partial charge in [-0.1, -0.05) is 24.3 Å². The first-order chi connectivity index (χ1) is 7.10. The minimum absolute atomic E-state index is 0.239. The van der Waals surface area contributed by atoms with Crippen LogP contribution in [0.5, 0.6) is 0 Å².